The van der Waals surface area contributed by atoms with E-state index in [0.29, 0.717) is 18.0 Å². The first-order valence-corrected chi connectivity index (χ1v) is 9.60. The van der Waals surface area contributed by atoms with Crippen LogP contribution in [0.3, 0.4) is 0 Å². The number of nitrogens with two attached hydrogens (primary N) is 1. The fourth-order valence-electron chi connectivity index (χ4n) is 3.61. The van der Waals surface area contributed by atoms with Crippen molar-refractivity contribution in [2.24, 2.45) is 0 Å². The van der Waals surface area contributed by atoms with Gasteiger partial charge in [0.05, 0.1) is 5.69 Å². The van der Waals surface area contributed by atoms with Gasteiger partial charge in [0.15, 0.2) is 6.61 Å². The molecule has 1 fully saturated rings. The average Bonchev–Trinajstić information content (AvgIpc) is 2.65. The van der Waals surface area contributed by atoms with Gasteiger partial charge in [-0.3, -0.25) is 9.69 Å². The molecule has 28 heavy (non-hydrogen) atoms. The molecule has 0 aromatic heterocycles. The van der Waals surface area contributed by atoms with Gasteiger partial charge in [-0.2, -0.15) is 0 Å². The summed E-state index contributed by atoms with van der Waals surface area (Å²) in [5.41, 5.74) is 8.62. The molecule has 0 aliphatic carbocycles. The Balaban J connectivity index is 1.57. The molecule has 2 N–H and O–H groups in total. The first-order chi connectivity index (χ1) is 13.3. The number of ether oxygens (including phenoxy) is 1. The maximum atomic E-state index is 13.1. The molecule has 150 valence electrons. The van der Waals surface area contributed by atoms with Crippen molar-refractivity contribution in [1.82, 2.24) is 9.80 Å². The second-order valence-corrected chi connectivity index (χ2v) is 7.63. The van der Waals surface area contributed by atoms with Crippen molar-refractivity contribution < 1.29 is 13.9 Å². The molecular weight excluding hydrogens is 357 g/mol. The molecule has 0 saturated carbocycles. The summed E-state index contributed by atoms with van der Waals surface area (Å²) in [6, 6.07) is 12.4. The minimum atomic E-state index is -0.227. The molecule has 0 bridgehead atoms. The van der Waals surface area contributed by atoms with Crippen molar-refractivity contribution in [3.8, 4) is 5.75 Å². The van der Waals surface area contributed by atoms with Crippen molar-refractivity contribution in [3.63, 3.8) is 0 Å². The number of benzene rings is 2. The van der Waals surface area contributed by atoms with E-state index in [1.807, 2.05) is 43.0 Å². The number of piperazine rings is 1. The second-order valence-electron chi connectivity index (χ2n) is 7.63. The number of amides is 1. The van der Waals surface area contributed by atoms with Gasteiger partial charge < -0.3 is 15.4 Å². The van der Waals surface area contributed by atoms with Crippen LogP contribution >= 0.6 is 0 Å². The summed E-state index contributed by atoms with van der Waals surface area (Å²) in [5.74, 6) is 0.269. The molecule has 0 spiro atoms. The summed E-state index contributed by atoms with van der Waals surface area (Å²) in [7, 11) is 0. The van der Waals surface area contributed by atoms with Crippen LogP contribution in [0.2, 0.25) is 0 Å². The van der Waals surface area contributed by atoms with Gasteiger partial charge >= 0.3 is 0 Å². The van der Waals surface area contributed by atoms with Gasteiger partial charge in [0.1, 0.15) is 11.6 Å². The highest BCUT2D eigenvalue weighted by Crippen LogP contribution is 2.23. The average molecular weight is 385 g/mol. The molecule has 6 heteroatoms. The van der Waals surface area contributed by atoms with E-state index in [-0.39, 0.29) is 30.4 Å². The molecule has 2 aromatic carbocycles. The van der Waals surface area contributed by atoms with E-state index in [4.69, 9.17) is 10.5 Å². The van der Waals surface area contributed by atoms with Crippen LogP contribution in [0, 0.1) is 12.7 Å². The van der Waals surface area contributed by atoms with Gasteiger partial charge in [0.2, 0.25) is 0 Å². The number of halogens is 1. The number of hydrogen-bond donors (Lipinski definition) is 1. The van der Waals surface area contributed by atoms with E-state index in [1.54, 1.807) is 6.07 Å². The Morgan fingerprint density at radius 3 is 2.54 bits per heavy atom. The molecule has 1 aliphatic rings. The number of nitrogens with zero attached hydrogens (tertiary/aromatic N) is 2. The number of anilines is 1. The first-order valence-electron chi connectivity index (χ1n) is 9.60. The number of nitrogen functional groups attached to an aromatic ring is 1. The Labute approximate surface area is 165 Å². The summed E-state index contributed by atoms with van der Waals surface area (Å²) >= 11 is 0. The van der Waals surface area contributed by atoms with Crippen molar-refractivity contribution in [1.29, 1.82) is 0 Å². The van der Waals surface area contributed by atoms with E-state index >= 15 is 0 Å². The largest absolute Gasteiger partial charge is 0.482 e. The summed E-state index contributed by atoms with van der Waals surface area (Å²) in [4.78, 5) is 16.9. The lowest BCUT2D eigenvalue weighted by Gasteiger charge is -2.44. The van der Waals surface area contributed by atoms with Crippen LogP contribution in [0.1, 0.15) is 25.0 Å². The predicted molar refractivity (Wildman–Crippen MR) is 109 cm³/mol. The third-order valence-electron chi connectivity index (χ3n) is 5.25. The van der Waals surface area contributed by atoms with E-state index in [0.717, 1.165) is 24.2 Å². The zero-order chi connectivity index (χ0) is 20.3. The normalized spacial score (nSPS) is 20.2. The SMILES string of the molecule is Cc1ccc(OCC(=O)N2C[C@@H](C)N(Cc3ccc(F)cc3)C[C@@H]2C)c(N)c1. The molecule has 1 saturated heterocycles. The fraction of sp³-hybridized carbons (Fsp3) is 0.409. The van der Waals surface area contributed by atoms with Crippen LogP contribution in [0.25, 0.3) is 0 Å². The second kappa shape index (κ2) is 8.61. The van der Waals surface area contributed by atoms with Gasteiger partial charge in [-0.05, 0) is 56.2 Å². The summed E-state index contributed by atoms with van der Waals surface area (Å²) in [6.07, 6.45) is 0. The minimum absolute atomic E-state index is 0.0255. The summed E-state index contributed by atoms with van der Waals surface area (Å²) in [5, 5.41) is 0. The van der Waals surface area contributed by atoms with E-state index in [9.17, 15) is 9.18 Å². The smallest absolute Gasteiger partial charge is 0.260 e. The molecule has 1 amide bonds. The molecule has 3 rings (SSSR count). The predicted octanol–water partition coefficient (Wildman–Crippen LogP) is 3.22. The van der Waals surface area contributed by atoms with Crippen LogP contribution in [-0.2, 0) is 11.3 Å². The monoisotopic (exact) mass is 385 g/mol. The lowest BCUT2D eigenvalue weighted by atomic mass is 10.1. The Morgan fingerprint density at radius 1 is 1.14 bits per heavy atom. The van der Waals surface area contributed by atoms with Crippen molar-refractivity contribution in [2.45, 2.75) is 39.4 Å². The molecule has 2 atom stereocenters. The number of carbonyl (C=O) groups excluding carboxylic acids is 1. The maximum absolute atomic E-state index is 13.1. The van der Waals surface area contributed by atoms with E-state index < -0.39 is 0 Å². The first kappa shape index (κ1) is 20.1. The van der Waals surface area contributed by atoms with Gasteiger partial charge in [-0.1, -0.05) is 18.2 Å². The Bertz CT molecular complexity index is 825. The quantitative estimate of drug-likeness (QED) is 0.803. The van der Waals surface area contributed by atoms with Gasteiger partial charge in [-0.15, -0.1) is 0 Å². The van der Waals surface area contributed by atoms with Crippen LogP contribution in [0.4, 0.5) is 10.1 Å². The van der Waals surface area contributed by atoms with Crippen LogP contribution < -0.4 is 10.5 Å². The highest BCUT2D eigenvalue weighted by atomic mass is 19.1. The molecule has 0 radical (unpaired) electrons. The molecule has 5 nitrogen and oxygen atoms in total. The standard InChI is InChI=1S/C22H28FN3O2/c1-15-4-9-21(20(24)10-15)28-14-22(27)26-12-16(2)25(11-17(26)3)13-18-5-7-19(23)8-6-18/h4-10,16-17H,11-14,24H2,1-3H3/t16-,17+/m1/s1. The zero-order valence-electron chi connectivity index (χ0n) is 16.7. The van der Waals surface area contributed by atoms with Gasteiger partial charge in [0.25, 0.3) is 5.91 Å². The summed E-state index contributed by atoms with van der Waals surface area (Å²) < 4.78 is 18.8. The van der Waals surface area contributed by atoms with Crippen molar-refractivity contribution in [3.05, 3.63) is 59.4 Å². The minimum Gasteiger partial charge on any atom is -0.482 e. The van der Waals surface area contributed by atoms with Crippen LogP contribution in [0.15, 0.2) is 42.5 Å². The van der Waals surface area contributed by atoms with E-state index in [1.165, 1.54) is 12.1 Å². The molecule has 0 unspecified atom stereocenters. The Morgan fingerprint density at radius 2 is 1.86 bits per heavy atom. The molecule has 1 heterocycles. The number of aryl methyl sites for hydroxylation is 1. The van der Waals surface area contributed by atoms with Gasteiger partial charge in [-0.25, -0.2) is 4.39 Å². The lowest BCUT2D eigenvalue weighted by Crippen LogP contribution is -2.58. The topological polar surface area (TPSA) is 58.8 Å². The van der Waals surface area contributed by atoms with Crippen molar-refractivity contribution in [2.75, 3.05) is 25.4 Å². The Hall–Kier alpha value is -2.60. The third-order valence-corrected chi connectivity index (χ3v) is 5.25. The number of hydrogen-bond acceptors (Lipinski definition) is 4. The highest BCUT2D eigenvalue weighted by Gasteiger charge is 2.32. The molecular formula is C22H28FN3O2. The third kappa shape index (κ3) is 4.81. The fourth-order valence-corrected chi connectivity index (χ4v) is 3.61. The summed E-state index contributed by atoms with van der Waals surface area (Å²) in [6.45, 7) is 8.22. The number of rotatable bonds is 5. The Kier molecular flexibility index (Phi) is 6.19. The van der Waals surface area contributed by atoms with Crippen LogP contribution in [0.5, 0.6) is 5.75 Å². The van der Waals surface area contributed by atoms with E-state index in [2.05, 4.69) is 11.8 Å². The molecule has 1 aliphatic heterocycles. The molecule has 2 aromatic rings. The van der Waals surface area contributed by atoms with Crippen LogP contribution in [-0.4, -0.2) is 47.5 Å². The zero-order valence-corrected chi connectivity index (χ0v) is 16.7. The number of carbonyl (C=O) groups is 1. The maximum Gasteiger partial charge on any atom is 0.260 e. The van der Waals surface area contributed by atoms with Gasteiger partial charge in [0, 0.05) is 31.7 Å². The lowest BCUT2D eigenvalue weighted by molar-refractivity contribution is -0.139. The highest BCUT2D eigenvalue weighted by molar-refractivity contribution is 5.78. The van der Waals surface area contributed by atoms with Crippen molar-refractivity contribution >= 4 is 11.6 Å².